The van der Waals surface area contributed by atoms with Crippen LogP contribution in [0.4, 0.5) is 5.69 Å². The normalized spacial score (nSPS) is 11.0. The smallest absolute Gasteiger partial charge is 0.272 e. The summed E-state index contributed by atoms with van der Waals surface area (Å²) >= 11 is 3.38. The fourth-order valence-corrected chi connectivity index (χ4v) is 3.71. The number of anilines is 1. The SMILES string of the molecule is CCN(CC)C(=O)Cn1ccc2cc(NC(=O)c3cc(Br)cn3C)ccc21. The molecule has 6 nitrogen and oxygen atoms in total. The molecule has 2 heterocycles. The Morgan fingerprint density at radius 1 is 1.15 bits per heavy atom. The number of fused-ring (bicyclic) bond motifs is 1. The van der Waals surface area contributed by atoms with Gasteiger partial charge in [-0.1, -0.05) is 0 Å². The predicted molar refractivity (Wildman–Crippen MR) is 111 cm³/mol. The van der Waals surface area contributed by atoms with Gasteiger partial charge in [-0.05, 0) is 60.1 Å². The molecule has 0 spiro atoms. The first kappa shape index (κ1) is 19.2. The summed E-state index contributed by atoms with van der Waals surface area (Å²) < 4.78 is 4.57. The Kier molecular flexibility index (Phi) is 5.70. The number of likely N-dealkylation sites (N-methyl/N-ethyl adjacent to an activating group) is 1. The zero-order chi connectivity index (χ0) is 19.6. The third-order valence-electron chi connectivity index (χ3n) is 4.65. The molecule has 3 rings (SSSR count). The molecule has 0 atom stereocenters. The van der Waals surface area contributed by atoms with Gasteiger partial charge in [0, 0.05) is 53.6 Å². The van der Waals surface area contributed by atoms with Crippen molar-refractivity contribution in [1.29, 1.82) is 0 Å². The summed E-state index contributed by atoms with van der Waals surface area (Å²) in [6, 6.07) is 9.45. The first-order valence-electron chi connectivity index (χ1n) is 8.92. The average Bonchev–Trinajstić information content (AvgIpc) is 3.18. The van der Waals surface area contributed by atoms with Gasteiger partial charge >= 0.3 is 0 Å². The van der Waals surface area contributed by atoms with Crippen molar-refractivity contribution >= 4 is 44.3 Å². The molecule has 0 fully saturated rings. The van der Waals surface area contributed by atoms with Gasteiger partial charge < -0.3 is 19.4 Å². The maximum Gasteiger partial charge on any atom is 0.272 e. The van der Waals surface area contributed by atoms with Crippen LogP contribution in [0.1, 0.15) is 24.3 Å². The van der Waals surface area contributed by atoms with Crippen LogP contribution in [-0.2, 0) is 18.4 Å². The van der Waals surface area contributed by atoms with Gasteiger partial charge in [-0.25, -0.2) is 0 Å². The van der Waals surface area contributed by atoms with Gasteiger partial charge in [-0.3, -0.25) is 9.59 Å². The van der Waals surface area contributed by atoms with E-state index >= 15 is 0 Å². The molecule has 7 heteroatoms. The first-order valence-corrected chi connectivity index (χ1v) is 9.72. The Morgan fingerprint density at radius 3 is 2.52 bits per heavy atom. The maximum atomic E-state index is 12.5. The second-order valence-electron chi connectivity index (χ2n) is 6.39. The zero-order valence-corrected chi connectivity index (χ0v) is 17.3. The Labute approximate surface area is 166 Å². The van der Waals surface area contributed by atoms with Crippen molar-refractivity contribution in [2.75, 3.05) is 18.4 Å². The average molecular weight is 431 g/mol. The molecule has 1 aromatic carbocycles. The number of nitrogens with zero attached hydrogens (tertiary/aromatic N) is 3. The van der Waals surface area contributed by atoms with Crippen LogP contribution in [0.2, 0.25) is 0 Å². The molecule has 0 unspecified atom stereocenters. The van der Waals surface area contributed by atoms with Gasteiger partial charge in [0.05, 0.1) is 0 Å². The highest BCUT2D eigenvalue weighted by molar-refractivity contribution is 9.10. The monoisotopic (exact) mass is 430 g/mol. The maximum absolute atomic E-state index is 12.5. The van der Waals surface area contributed by atoms with Crippen molar-refractivity contribution in [1.82, 2.24) is 14.0 Å². The van der Waals surface area contributed by atoms with Crippen LogP contribution in [0.3, 0.4) is 0 Å². The lowest BCUT2D eigenvalue weighted by Gasteiger charge is -2.19. The first-order chi connectivity index (χ1) is 12.9. The van der Waals surface area contributed by atoms with E-state index in [1.807, 2.05) is 67.0 Å². The molecule has 0 saturated carbocycles. The number of rotatable bonds is 6. The van der Waals surface area contributed by atoms with E-state index in [0.717, 1.165) is 21.1 Å². The van der Waals surface area contributed by atoms with Gasteiger partial charge in [0.2, 0.25) is 5.91 Å². The molecular weight excluding hydrogens is 408 g/mol. The number of aromatic nitrogens is 2. The number of benzene rings is 1. The summed E-state index contributed by atoms with van der Waals surface area (Å²) in [6.07, 6.45) is 3.75. The van der Waals surface area contributed by atoms with Crippen molar-refractivity contribution in [2.24, 2.45) is 7.05 Å². The fraction of sp³-hybridized carbons (Fsp3) is 0.300. The molecule has 0 aliphatic heterocycles. The number of halogens is 1. The Bertz CT molecular complexity index is 985. The standard InChI is InChI=1S/C20H23BrN4O2/c1-4-24(5-2)19(26)13-25-9-8-14-10-16(6-7-17(14)25)22-20(27)18-11-15(21)12-23(18)3/h6-12H,4-5,13H2,1-3H3,(H,22,27). The quantitative estimate of drug-likeness (QED) is 0.645. The fourth-order valence-electron chi connectivity index (χ4n) is 3.18. The number of hydrogen-bond acceptors (Lipinski definition) is 2. The number of hydrogen-bond donors (Lipinski definition) is 1. The van der Waals surface area contributed by atoms with E-state index in [-0.39, 0.29) is 11.8 Å². The summed E-state index contributed by atoms with van der Waals surface area (Å²) in [5.74, 6) is -0.0668. The number of carbonyl (C=O) groups is 2. The van der Waals surface area contributed by atoms with Crippen molar-refractivity contribution in [2.45, 2.75) is 20.4 Å². The Balaban J connectivity index is 1.78. The molecule has 142 valence electrons. The van der Waals surface area contributed by atoms with Gasteiger partial charge in [0.25, 0.3) is 5.91 Å². The summed E-state index contributed by atoms with van der Waals surface area (Å²) in [4.78, 5) is 26.6. The van der Waals surface area contributed by atoms with Crippen molar-refractivity contribution in [3.05, 3.63) is 52.9 Å². The number of aryl methyl sites for hydroxylation is 1. The second-order valence-corrected chi connectivity index (χ2v) is 7.31. The third kappa shape index (κ3) is 4.08. The molecule has 3 aromatic rings. The summed E-state index contributed by atoms with van der Waals surface area (Å²) in [7, 11) is 1.83. The van der Waals surface area contributed by atoms with E-state index in [1.165, 1.54) is 0 Å². The highest BCUT2D eigenvalue weighted by Gasteiger charge is 2.14. The number of carbonyl (C=O) groups excluding carboxylic acids is 2. The van der Waals surface area contributed by atoms with E-state index in [2.05, 4.69) is 21.2 Å². The highest BCUT2D eigenvalue weighted by Crippen LogP contribution is 2.22. The van der Waals surface area contributed by atoms with Crippen molar-refractivity contribution in [3.63, 3.8) is 0 Å². The predicted octanol–water partition coefficient (Wildman–Crippen LogP) is 3.86. The molecule has 0 bridgehead atoms. The van der Waals surface area contributed by atoms with E-state index in [4.69, 9.17) is 0 Å². The summed E-state index contributed by atoms with van der Waals surface area (Å²) in [5.41, 5.74) is 2.26. The minimum Gasteiger partial charge on any atom is -0.345 e. The van der Waals surface area contributed by atoms with Gasteiger partial charge in [-0.15, -0.1) is 0 Å². The third-order valence-corrected chi connectivity index (χ3v) is 5.09. The van der Waals surface area contributed by atoms with Crippen LogP contribution in [0.15, 0.2) is 47.2 Å². The largest absolute Gasteiger partial charge is 0.345 e. The molecule has 0 aliphatic carbocycles. The van der Waals surface area contributed by atoms with Crippen LogP contribution in [0.5, 0.6) is 0 Å². The molecule has 0 saturated heterocycles. The van der Waals surface area contributed by atoms with Crippen molar-refractivity contribution < 1.29 is 9.59 Å². The van der Waals surface area contributed by atoms with Crippen molar-refractivity contribution in [3.8, 4) is 0 Å². The van der Waals surface area contributed by atoms with Crippen LogP contribution >= 0.6 is 15.9 Å². The molecule has 0 radical (unpaired) electrons. The molecule has 2 aromatic heterocycles. The van der Waals surface area contributed by atoms with Gasteiger partial charge in [0.1, 0.15) is 12.2 Å². The Hall–Kier alpha value is -2.54. The lowest BCUT2D eigenvalue weighted by molar-refractivity contribution is -0.131. The summed E-state index contributed by atoms with van der Waals surface area (Å²) in [6.45, 7) is 5.69. The van der Waals surface area contributed by atoms with Gasteiger partial charge in [-0.2, -0.15) is 0 Å². The van der Waals surface area contributed by atoms with Crippen LogP contribution < -0.4 is 5.32 Å². The number of amides is 2. The molecule has 2 amide bonds. The summed E-state index contributed by atoms with van der Waals surface area (Å²) in [5, 5.41) is 3.91. The van der Waals surface area contributed by atoms with E-state index in [0.29, 0.717) is 25.3 Å². The molecule has 27 heavy (non-hydrogen) atoms. The van der Waals surface area contributed by atoms with Crippen LogP contribution in [-0.4, -0.2) is 38.9 Å². The number of nitrogens with one attached hydrogen (secondary N) is 1. The zero-order valence-electron chi connectivity index (χ0n) is 15.7. The van der Waals surface area contributed by atoms with E-state index < -0.39 is 0 Å². The Morgan fingerprint density at radius 2 is 1.89 bits per heavy atom. The topological polar surface area (TPSA) is 59.3 Å². The van der Waals surface area contributed by atoms with Crippen LogP contribution in [0.25, 0.3) is 10.9 Å². The molecule has 0 aliphatic rings. The molecular formula is C20H23BrN4O2. The van der Waals surface area contributed by atoms with E-state index in [1.54, 1.807) is 10.6 Å². The second kappa shape index (κ2) is 8.00. The molecule has 1 N–H and O–H groups in total. The highest BCUT2D eigenvalue weighted by atomic mass is 79.9. The van der Waals surface area contributed by atoms with Crippen LogP contribution in [0, 0.1) is 0 Å². The lowest BCUT2D eigenvalue weighted by atomic mass is 10.2. The minimum atomic E-state index is -0.168. The minimum absolute atomic E-state index is 0.101. The lowest BCUT2D eigenvalue weighted by Crippen LogP contribution is -2.33. The van der Waals surface area contributed by atoms with Gasteiger partial charge in [0.15, 0.2) is 0 Å². The van der Waals surface area contributed by atoms with E-state index in [9.17, 15) is 9.59 Å².